The van der Waals surface area contributed by atoms with Crippen LogP contribution in [-0.4, -0.2) is 34.2 Å². The van der Waals surface area contributed by atoms with Gasteiger partial charge in [0.05, 0.1) is 12.0 Å². The number of aromatic nitrogens is 3. The predicted octanol–water partition coefficient (Wildman–Crippen LogP) is 2.62. The third-order valence-corrected chi connectivity index (χ3v) is 4.48. The summed E-state index contributed by atoms with van der Waals surface area (Å²) in [5.41, 5.74) is 1.00. The third kappa shape index (κ3) is 4.00. The van der Waals surface area contributed by atoms with E-state index >= 15 is 0 Å². The Morgan fingerprint density at radius 3 is 2.96 bits per heavy atom. The predicted molar refractivity (Wildman–Crippen MR) is 92.8 cm³/mol. The Balaban J connectivity index is 1.61. The molecule has 126 valence electrons. The largest absolute Gasteiger partial charge is 0.354 e. The lowest BCUT2D eigenvalue weighted by atomic mass is 9.96. The number of nitrogens with zero attached hydrogens (tertiary/aromatic N) is 4. The van der Waals surface area contributed by atoms with Crippen molar-refractivity contribution in [2.45, 2.75) is 25.8 Å². The van der Waals surface area contributed by atoms with Crippen molar-refractivity contribution < 1.29 is 4.79 Å². The Kier molecular flexibility index (Phi) is 5.25. The van der Waals surface area contributed by atoms with Gasteiger partial charge in [0.25, 0.3) is 0 Å². The number of hydrogen-bond donors (Lipinski definition) is 1. The van der Waals surface area contributed by atoms with Crippen LogP contribution in [0.15, 0.2) is 36.7 Å². The molecule has 3 rings (SSSR count). The fraction of sp³-hybridized carbons (Fsp3) is 0.412. The van der Waals surface area contributed by atoms with Crippen molar-refractivity contribution in [1.82, 2.24) is 20.5 Å². The number of amides is 1. The van der Waals surface area contributed by atoms with Crippen LogP contribution in [0.3, 0.4) is 0 Å². The number of carbonyl (C=O) groups excluding carboxylic acids is 1. The van der Waals surface area contributed by atoms with E-state index in [2.05, 4.69) is 25.4 Å². The zero-order valence-corrected chi connectivity index (χ0v) is 14.3. The standard InChI is InChI=1S/C17H20ClN5O/c1-12(13-4-2-8-19-10-13)20-17(24)14-5-3-9-23(11-14)16-7-6-15(18)21-22-16/h2,4,6-8,10,12,14H,3,5,9,11H2,1H3,(H,20,24)/t12-,14-/m1/s1. The van der Waals surface area contributed by atoms with Crippen molar-refractivity contribution in [1.29, 1.82) is 0 Å². The SMILES string of the molecule is C[C@@H](NC(=O)[C@@H]1CCCN(c2ccc(Cl)nn2)C1)c1cccnc1. The molecular formula is C17H20ClN5O. The Hall–Kier alpha value is -2.21. The zero-order chi connectivity index (χ0) is 16.9. The fourth-order valence-corrected chi connectivity index (χ4v) is 3.02. The van der Waals surface area contributed by atoms with Gasteiger partial charge in [-0.05, 0) is 43.5 Å². The molecule has 0 spiro atoms. The zero-order valence-electron chi connectivity index (χ0n) is 13.5. The molecule has 1 saturated heterocycles. The molecule has 24 heavy (non-hydrogen) atoms. The maximum atomic E-state index is 12.6. The van der Waals surface area contributed by atoms with Gasteiger partial charge in [-0.25, -0.2) is 0 Å². The first-order valence-corrected chi connectivity index (χ1v) is 8.46. The first kappa shape index (κ1) is 16.6. The van der Waals surface area contributed by atoms with E-state index in [4.69, 9.17) is 11.6 Å². The molecule has 1 aliphatic heterocycles. The van der Waals surface area contributed by atoms with Crippen LogP contribution in [0.4, 0.5) is 5.82 Å². The minimum atomic E-state index is -0.0599. The Morgan fingerprint density at radius 2 is 2.25 bits per heavy atom. The fourth-order valence-electron chi connectivity index (χ4n) is 2.92. The highest BCUT2D eigenvalue weighted by Crippen LogP contribution is 2.23. The summed E-state index contributed by atoms with van der Waals surface area (Å²) in [5.74, 6) is 0.769. The molecule has 2 atom stereocenters. The van der Waals surface area contributed by atoms with Crippen LogP contribution in [-0.2, 0) is 4.79 Å². The number of pyridine rings is 1. The van der Waals surface area contributed by atoms with Crippen LogP contribution in [0.5, 0.6) is 0 Å². The van der Waals surface area contributed by atoms with Crippen LogP contribution < -0.4 is 10.2 Å². The van der Waals surface area contributed by atoms with Gasteiger partial charge in [-0.3, -0.25) is 9.78 Å². The monoisotopic (exact) mass is 345 g/mol. The molecule has 0 aromatic carbocycles. The van der Waals surface area contributed by atoms with E-state index in [0.29, 0.717) is 11.7 Å². The van der Waals surface area contributed by atoms with Crippen molar-refractivity contribution in [3.8, 4) is 0 Å². The number of piperidine rings is 1. The van der Waals surface area contributed by atoms with E-state index in [-0.39, 0.29) is 17.9 Å². The van der Waals surface area contributed by atoms with Crippen molar-refractivity contribution in [2.75, 3.05) is 18.0 Å². The van der Waals surface area contributed by atoms with Crippen molar-refractivity contribution in [2.24, 2.45) is 5.92 Å². The first-order valence-electron chi connectivity index (χ1n) is 8.08. The van der Waals surface area contributed by atoms with E-state index in [1.165, 1.54) is 0 Å². The minimum absolute atomic E-state index is 0.0584. The van der Waals surface area contributed by atoms with E-state index in [0.717, 1.165) is 30.8 Å². The third-order valence-electron chi connectivity index (χ3n) is 4.28. The highest BCUT2D eigenvalue weighted by molar-refractivity contribution is 6.29. The van der Waals surface area contributed by atoms with E-state index in [9.17, 15) is 4.79 Å². The molecule has 0 radical (unpaired) electrons. The molecule has 0 saturated carbocycles. The number of carbonyl (C=O) groups is 1. The smallest absolute Gasteiger partial charge is 0.225 e. The van der Waals surface area contributed by atoms with Crippen LogP contribution >= 0.6 is 11.6 Å². The summed E-state index contributed by atoms with van der Waals surface area (Å²) >= 11 is 5.78. The average Bonchev–Trinajstić information content (AvgIpc) is 2.63. The van der Waals surface area contributed by atoms with Gasteiger partial charge in [0, 0.05) is 25.5 Å². The lowest BCUT2D eigenvalue weighted by Gasteiger charge is -2.33. The summed E-state index contributed by atoms with van der Waals surface area (Å²) in [6.45, 7) is 3.49. The number of rotatable bonds is 4. The van der Waals surface area contributed by atoms with Gasteiger partial charge in [-0.1, -0.05) is 17.7 Å². The second kappa shape index (κ2) is 7.57. The van der Waals surface area contributed by atoms with Crippen molar-refractivity contribution in [3.05, 3.63) is 47.4 Å². The molecular weight excluding hydrogens is 326 g/mol. The lowest BCUT2D eigenvalue weighted by Crippen LogP contribution is -2.44. The van der Waals surface area contributed by atoms with E-state index < -0.39 is 0 Å². The highest BCUT2D eigenvalue weighted by atomic mass is 35.5. The molecule has 3 heterocycles. The maximum Gasteiger partial charge on any atom is 0.225 e. The van der Waals surface area contributed by atoms with Gasteiger partial charge in [0.1, 0.15) is 0 Å². The van der Waals surface area contributed by atoms with Gasteiger partial charge in [-0.2, -0.15) is 0 Å². The van der Waals surface area contributed by atoms with Crippen molar-refractivity contribution in [3.63, 3.8) is 0 Å². The van der Waals surface area contributed by atoms with Gasteiger partial charge < -0.3 is 10.2 Å². The molecule has 1 fully saturated rings. The molecule has 2 aromatic rings. The van der Waals surface area contributed by atoms with Crippen LogP contribution in [0, 0.1) is 5.92 Å². The van der Waals surface area contributed by atoms with Crippen molar-refractivity contribution >= 4 is 23.3 Å². The summed E-state index contributed by atoms with van der Waals surface area (Å²) < 4.78 is 0. The summed E-state index contributed by atoms with van der Waals surface area (Å²) in [6, 6.07) is 7.34. The molecule has 0 unspecified atom stereocenters. The molecule has 1 amide bonds. The first-order chi connectivity index (χ1) is 11.6. The second-order valence-electron chi connectivity index (χ2n) is 6.02. The highest BCUT2D eigenvalue weighted by Gasteiger charge is 2.27. The van der Waals surface area contributed by atoms with Crippen LogP contribution in [0.2, 0.25) is 5.15 Å². The summed E-state index contributed by atoms with van der Waals surface area (Å²) in [5, 5.41) is 11.4. The van der Waals surface area contributed by atoms with E-state index in [1.807, 2.05) is 25.1 Å². The van der Waals surface area contributed by atoms with Gasteiger partial charge in [-0.15, -0.1) is 10.2 Å². The summed E-state index contributed by atoms with van der Waals surface area (Å²) in [4.78, 5) is 18.8. The summed E-state index contributed by atoms with van der Waals surface area (Å²) in [7, 11) is 0. The van der Waals surface area contributed by atoms with Gasteiger partial charge >= 0.3 is 0 Å². The quantitative estimate of drug-likeness (QED) is 0.922. The number of anilines is 1. The molecule has 7 heteroatoms. The second-order valence-corrected chi connectivity index (χ2v) is 6.40. The summed E-state index contributed by atoms with van der Waals surface area (Å²) in [6.07, 6.45) is 5.33. The molecule has 0 bridgehead atoms. The lowest BCUT2D eigenvalue weighted by molar-refractivity contribution is -0.125. The molecule has 6 nitrogen and oxygen atoms in total. The number of halogens is 1. The Morgan fingerprint density at radius 1 is 1.38 bits per heavy atom. The average molecular weight is 346 g/mol. The number of nitrogens with one attached hydrogen (secondary N) is 1. The Labute approximate surface area is 146 Å². The normalized spacial score (nSPS) is 18.9. The number of hydrogen-bond acceptors (Lipinski definition) is 5. The Bertz CT molecular complexity index is 679. The molecule has 2 aromatic heterocycles. The van der Waals surface area contributed by atoms with Gasteiger partial charge in [0.2, 0.25) is 5.91 Å². The molecule has 0 aliphatic carbocycles. The maximum absolute atomic E-state index is 12.6. The van der Waals surface area contributed by atoms with E-state index in [1.54, 1.807) is 18.5 Å². The minimum Gasteiger partial charge on any atom is -0.354 e. The van der Waals surface area contributed by atoms with Crippen LogP contribution in [0.1, 0.15) is 31.4 Å². The van der Waals surface area contributed by atoms with Crippen LogP contribution in [0.25, 0.3) is 0 Å². The molecule has 1 N–H and O–H groups in total. The van der Waals surface area contributed by atoms with Gasteiger partial charge in [0.15, 0.2) is 11.0 Å². The topological polar surface area (TPSA) is 71.0 Å². The molecule has 1 aliphatic rings.